The van der Waals surface area contributed by atoms with Crippen molar-refractivity contribution in [1.82, 2.24) is 9.80 Å². The first-order valence-corrected chi connectivity index (χ1v) is 8.75. The average molecular weight is 344 g/mol. The summed E-state index contributed by atoms with van der Waals surface area (Å²) in [4.78, 5) is 29.4. The highest BCUT2D eigenvalue weighted by atomic mass is 32.1. The van der Waals surface area contributed by atoms with Gasteiger partial charge in [-0.3, -0.25) is 9.59 Å². The highest BCUT2D eigenvalue weighted by molar-refractivity contribution is 7.12. The monoisotopic (exact) mass is 344 g/mol. The van der Waals surface area contributed by atoms with Crippen LogP contribution in [0.4, 0.5) is 0 Å². The van der Waals surface area contributed by atoms with Crippen molar-refractivity contribution in [3.8, 4) is 5.75 Å². The fourth-order valence-corrected chi connectivity index (χ4v) is 3.50. The first kappa shape index (κ1) is 16.5. The molecule has 1 aliphatic heterocycles. The quantitative estimate of drug-likeness (QED) is 0.860. The summed E-state index contributed by atoms with van der Waals surface area (Å²) in [5.41, 5.74) is 1.62. The number of amides is 2. The van der Waals surface area contributed by atoms with E-state index in [2.05, 4.69) is 0 Å². The summed E-state index contributed by atoms with van der Waals surface area (Å²) in [6.45, 7) is 4.16. The Labute approximate surface area is 145 Å². The highest BCUT2D eigenvalue weighted by Crippen LogP contribution is 2.21. The Balaban J connectivity index is 1.64. The molecule has 2 amide bonds. The lowest BCUT2D eigenvalue weighted by Crippen LogP contribution is -2.50. The van der Waals surface area contributed by atoms with Gasteiger partial charge in [-0.05, 0) is 36.1 Å². The van der Waals surface area contributed by atoms with Crippen molar-refractivity contribution in [2.24, 2.45) is 0 Å². The zero-order chi connectivity index (χ0) is 17.1. The third-order valence-electron chi connectivity index (χ3n) is 4.24. The van der Waals surface area contributed by atoms with Crippen molar-refractivity contribution in [3.05, 3.63) is 51.7 Å². The molecule has 0 aliphatic carbocycles. The fraction of sp³-hybridized carbons (Fsp3) is 0.333. The van der Waals surface area contributed by atoms with Crippen molar-refractivity contribution in [2.75, 3.05) is 33.3 Å². The first-order valence-electron chi connectivity index (χ1n) is 7.87. The number of ether oxygens (including phenoxy) is 1. The molecule has 0 spiro atoms. The number of benzene rings is 1. The van der Waals surface area contributed by atoms with Crippen molar-refractivity contribution in [1.29, 1.82) is 0 Å². The Kier molecular flexibility index (Phi) is 4.85. The molecule has 1 fully saturated rings. The summed E-state index contributed by atoms with van der Waals surface area (Å²) < 4.78 is 5.29. The molecule has 3 rings (SSSR count). The highest BCUT2D eigenvalue weighted by Gasteiger charge is 2.26. The summed E-state index contributed by atoms with van der Waals surface area (Å²) in [5.74, 6) is 0.748. The zero-order valence-corrected chi connectivity index (χ0v) is 14.6. The van der Waals surface area contributed by atoms with Crippen LogP contribution in [0.15, 0.2) is 35.7 Å². The molecule has 126 valence electrons. The fourth-order valence-electron chi connectivity index (χ4n) is 2.80. The standard InChI is InChI=1S/C18H20N2O3S/c1-13-5-6-14(12-15(13)23-2)17(21)19-7-9-20(10-8-19)18(22)16-4-3-11-24-16/h3-6,11-12H,7-10H2,1-2H3. The largest absolute Gasteiger partial charge is 0.496 e. The van der Waals surface area contributed by atoms with Gasteiger partial charge in [-0.15, -0.1) is 11.3 Å². The topological polar surface area (TPSA) is 49.9 Å². The van der Waals surface area contributed by atoms with Crippen LogP contribution < -0.4 is 4.74 Å². The van der Waals surface area contributed by atoms with Crippen molar-refractivity contribution < 1.29 is 14.3 Å². The smallest absolute Gasteiger partial charge is 0.264 e. The number of aryl methyl sites for hydroxylation is 1. The van der Waals surface area contributed by atoms with E-state index in [9.17, 15) is 9.59 Å². The number of hydrogen-bond acceptors (Lipinski definition) is 4. The SMILES string of the molecule is COc1cc(C(=O)N2CCN(C(=O)c3cccs3)CC2)ccc1C. The van der Waals surface area contributed by atoms with Gasteiger partial charge in [0.05, 0.1) is 12.0 Å². The predicted molar refractivity (Wildman–Crippen MR) is 93.9 cm³/mol. The lowest BCUT2D eigenvalue weighted by Gasteiger charge is -2.34. The van der Waals surface area contributed by atoms with Crippen LogP contribution in [0.3, 0.4) is 0 Å². The number of carbonyl (C=O) groups excluding carboxylic acids is 2. The van der Waals surface area contributed by atoms with E-state index in [4.69, 9.17) is 4.74 Å². The predicted octanol–water partition coefficient (Wildman–Crippen LogP) is 2.66. The summed E-state index contributed by atoms with van der Waals surface area (Å²) >= 11 is 1.45. The van der Waals surface area contributed by atoms with Crippen molar-refractivity contribution in [3.63, 3.8) is 0 Å². The van der Waals surface area contributed by atoms with Gasteiger partial charge in [-0.1, -0.05) is 12.1 Å². The molecule has 0 atom stereocenters. The number of nitrogens with zero attached hydrogens (tertiary/aromatic N) is 2. The summed E-state index contributed by atoms with van der Waals surface area (Å²) in [7, 11) is 1.60. The lowest BCUT2D eigenvalue weighted by atomic mass is 10.1. The van der Waals surface area contributed by atoms with Crippen LogP contribution in [0.1, 0.15) is 25.6 Å². The van der Waals surface area contributed by atoms with E-state index in [0.29, 0.717) is 37.5 Å². The van der Waals surface area contributed by atoms with Gasteiger partial charge in [0.2, 0.25) is 0 Å². The second-order valence-electron chi connectivity index (χ2n) is 5.75. The molecule has 1 saturated heterocycles. The molecule has 5 nitrogen and oxygen atoms in total. The molecule has 0 unspecified atom stereocenters. The van der Waals surface area contributed by atoms with Crippen molar-refractivity contribution >= 4 is 23.2 Å². The van der Waals surface area contributed by atoms with E-state index < -0.39 is 0 Å². The number of methoxy groups -OCH3 is 1. The van der Waals surface area contributed by atoms with E-state index in [1.54, 1.807) is 18.1 Å². The summed E-state index contributed by atoms with van der Waals surface area (Å²) in [6, 6.07) is 9.21. The van der Waals surface area contributed by atoms with E-state index in [-0.39, 0.29) is 11.8 Å². The number of carbonyl (C=O) groups is 2. The molecule has 1 aromatic heterocycles. The van der Waals surface area contributed by atoms with Crippen LogP contribution in [0.25, 0.3) is 0 Å². The number of thiophene rings is 1. The second-order valence-corrected chi connectivity index (χ2v) is 6.69. The van der Waals surface area contributed by atoms with E-state index in [1.165, 1.54) is 11.3 Å². The number of rotatable bonds is 3. The maximum absolute atomic E-state index is 12.7. The van der Waals surface area contributed by atoms with Crippen LogP contribution in [0.2, 0.25) is 0 Å². The molecule has 0 radical (unpaired) electrons. The molecule has 2 heterocycles. The first-order chi connectivity index (χ1) is 11.6. The number of hydrogen-bond donors (Lipinski definition) is 0. The third-order valence-corrected chi connectivity index (χ3v) is 5.10. The van der Waals surface area contributed by atoms with E-state index >= 15 is 0 Å². The Bertz CT molecular complexity index is 735. The Hall–Kier alpha value is -2.34. The van der Waals surface area contributed by atoms with E-state index in [1.807, 2.05) is 41.5 Å². The summed E-state index contributed by atoms with van der Waals surface area (Å²) in [6.07, 6.45) is 0. The molecule has 24 heavy (non-hydrogen) atoms. The lowest BCUT2D eigenvalue weighted by molar-refractivity contribution is 0.0538. The Morgan fingerprint density at radius 1 is 1.04 bits per heavy atom. The molecule has 6 heteroatoms. The molecule has 1 aliphatic rings. The van der Waals surface area contributed by atoms with Crippen molar-refractivity contribution in [2.45, 2.75) is 6.92 Å². The Morgan fingerprint density at radius 3 is 2.29 bits per heavy atom. The minimum atomic E-state index is -0.0171. The van der Waals surface area contributed by atoms with Gasteiger partial charge in [-0.2, -0.15) is 0 Å². The normalized spacial score (nSPS) is 14.6. The van der Waals surface area contributed by atoms with Crippen LogP contribution >= 0.6 is 11.3 Å². The molecule has 2 aromatic rings. The van der Waals surface area contributed by atoms with Gasteiger partial charge < -0.3 is 14.5 Å². The maximum atomic E-state index is 12.7. The van der Waals surface area contributed by atoms with Gasteiger partial charge in [0.15, 0.2) is 0 Å². The molecule has 0 N–H and O–H groups in total. The van der Waals surface area contributed by atoms with Crippen LogP contribution in [-0.2, 0) is 0 Å². The minimum absolute atomic E-state index is 0.0171. The summed E-state index contributed by atoms with van der Waals surface area (Å²) in [5, 5.41) is 1.90. The molecular weight excluding hydrogens is 324 g/mol. The number of piperazine rings is 1. The molecule has 0 bridgehead atoms. The van der Waals surface area contributed by atoms with Gasteiger partial charge >= 0.3 is 0 Å². The van der Waals surface area contributed by atoms with E-state index in [0.717, 1.165) is 10.4 Å². The Morgan fingerprint density at radius 2 is 1.71 bits per heavy atom. The minimum Gasteiger partial charge on any atom is -0.496 e. The van der Waals surface area contributed by atoms with Gasteiger partial charge in [0, 0.05) is 31.7 Å². The van der Waals surface area contributed by atoms with Crippen LogP contribution in [-0.4, -0.2) is 54.9 Å². The van der Waals surface area contributed by atoms with Crippen LogP contribution in [0, 0.1) is 6.92 Å². The maximum Gasteiger partial charge on any atom is 0.264 e. The third kappa shape index (κ3) is 3.28. The van der Waals surface area contributed by atoms with Gasteiger partial charge in [0.1, 0.15) is 5.75 Å². The molecule has 1 aromatic carbocycles. The van der Waals surface area contributed by atoms with Crippen LogP contribution in [0.5, 0.6) is 5.75 Å². The molecular formula is C18H20N2O3S. The molecule has 0 saturated carbocycles. The van der Waals surface area contributed by atoms with Gasteiger partial charge in [-0.25, -0.2) is 0 Å². The zero-order valence-electron chi connectivity index (χ0n) is 13.8. The van der Waals surface area contributed by atoms with Gasteiger partial charge in [0.25, 0.3) is 11.8 Å². The average Bonchev–Trinajstić information content (AvgIpc) is 3.16. The second kappa shape index (κ2) is 7.05.